The third-order valence-corrected chi connectivity index (χ3v) is 6.29. The Morgan fingerprint density at radius 2 is 1.90 bits per heavy atom. The zero-order valence-corrected chi connectivity index (χ0v) is 19.2. The average molecular weight is 445 g/mol. The largest absolute Gasteiger partial charge is 0.496 e. The van der Waals surface area contributed by atoms with Gasteiger partial charge in [-0.3, -0.25) is 0 Å². The van der Waals surface area contributed by atoms with Crippen LogP contribution < -0.4 is 14.4 Å². The van der Waals surface area contributed by atoms with Gasteiger partial charge in [-0.15, -0.1) is 0 Å². The van der Waals surface area contributed by atoms with Gasteiger partial charge in [0, 0.05) is 41.9 Å². The van der Waals surface area contributed by atoms with Gasteiger partial charge in [-0.25, -0.2) is 15.0 Å². The first-order valence-corrected chi connectivity index (χ1v) is 11.6. The molecule has 0 atom stereocenters. The third-order valence-electron chi connectivity index (χ3n) is 5.36. The summed E-state index contributed by atoms with van der Waals surface area (Å²) >= 11 is 8.35. The Bertz CT molecular complexity index is 1090. The number of ether oxygens (including phenoxy) is 2. The van der Waals surface area contributed by atoms with Crippen molar-refractivity contribution >= 4 is 40.1 Å². The molecule has 1 aromatic carbocycles. The number of benzene rings is 1. The number of halogens is 1. The van der Waals surface area contributed by atoms with E-state index in [1.165, 1.54) is 11.8 Å². The molecule has 1 aliphatic rings. The number of hydrogen-bond donors (Lipinski definition) is 0. The highest BCUT2D eigenvalue weighted by molar-refractivity contribution is 7.98. The van der Waals surface area contributed by atoms with Crippen LogP contribution in [0.15, 0.2) is 23.5 Å². The molecule has 3 heterocycles. The summed E-state index contributed by atoms with van der Waals surface area (Å²) in [4.78, 5) is 16.5. The molecule has 8 heteroatoms. The Hall–Kier alpha value is -2.25. The van der Waals surface area contributed by atoms with Crippen LogP contribution in [0.5, 0.6) is 11.5 Å². The quantitative estimate of drug-likeness (QED) is 0.364. The van der Waals surface area contributed by atoms with Crippen molar-refractivity contribution in [3.05, 3.63) is 28.9 Å². The smallest absolute Gasteiger partial charge is 0.187 e. The fourth-order valence-electron chi connectivity index (χ4n) is 3.73. The molecule has 1 aliphatic heterocycles. The number of fused-ring (bicyclic) bond motifs is 1. The number of methoxy groups -OCH3 is 2. The van der Waals surface area contributed by atoms with Crippen LogP contribution in [0.2, 0.25) is 5.02 Å². The van der Waals surface area contributed by atoms with Crippen molar-refractivity contribution in [2.24, 2.45) is 0 Å². The number of rotatable bonds is 7. The molecule has 0 radical (unpaired) electrons. The number of nitrogens with zero attached hydrogens (tertiary/aromatic N) is 4. The molecule has 0 unspecified atom stereocenters. The van der Waals surface area contributed by atoms with E-state index in [2.05, 4.69) is 16.8 Å². The van der Waals surface area contributed by atoms with Crippen molar-refractivity contribution in [3.63, 3.8) is 0 Å². The number of aromatic nitrogens is 3. The maximum Gasteiger partial charge on any atom is 0.187 e. The van der Waals surface area contributed by atoms with Crippen molar-refractivity contribution in [1.82, 2.24) is 15.0 Å². The molecule has 3 aromatic rings. The summed E-state index contributed by atoms with van der Waals surface area (Å²) in [6.45, 7) is 4.08. The van der Waals surface area contributed by atoms with Gasteiger partial charge in [0.15, 0.2) is 11.0 Å². The molecule has 0 aliphatic carbocycles. The summed E-state index contributed by atoms with van der Waals surface area (Å²) in [5.41, 5.74) is 3.55. The predicted octanol–water partition coefficient (Wildman–Crippen LogP) is 5.25. The SMILES string of the molecule is CCCc1c(OC)cc(OC)c(Cl)c1-c1cc2cnc(SC)nc2c(N2CCC2)n1. The molecule has 0 bridgehead atoms. The first-order chi connectivity index (χ1) is 14.6. The summed E-state index contributed by atoms with van der Waals surface area (Å²) in [6, 6.07) is 3.87. The molecule has 1 saturated heterocycles. The second kappa shape index (κ2) is 8.86. The highest BCUT2D eigenvalue weighted by Gasteiger charge is 2.25. The molecule has 30 heavy (non-hydrogen) atoms. The predicted molar refractivity (Wildman–Crippen MR) is 123 cm³/mol. The van der Waals surface area contributed by atoms with Crippen LogP contribution in [0, 0.1) is 0 Å². The minimum Gasteiger partial charge on any atom is -0.496 e. The van der Waals surface area contributed by atoms with E-state index in [1.807, 2.05) is 24.6 Å². The minimum atomic E-state index is 0.546. The van der Waals surface area contributed by atoms with Crippen LogP contribution in [0.25, 0.3) is 22.2 Å². The fourth-order valence-corrected chi connectivity index (χ4v) is 4.41. The van der Waals surface area contributed by atoms with Crippen LogP contribution in [-0.4, -0.2) is 48.5 Å². The number of pyridine rings is 1. The standard InChI is InChI=1S/C22H25ClN4O2S/c1-5-7-14-16(28-2)11-17(29-3)19(23)18(14)15-10-13-12-24-22(30-4)26-20(13)21(25-15)27-8-6-9-27/h10-12H,5-9H2,1-4H3. The van der Waals surface area contributed by atoms with E-state index in [1.54, 1.807) is 14.2 Å². The van der Waals surface area contributed by atoms with Crippen molar-refractivity contribution < 1.29 is 9.47 Å². The van der Waals surface area contributed by atoms with E-state index < -0.39 is 0 Å². The van der Waals surface area contributed by atoms with Gasteiger partial charge in [-0.2, -0.15) is 0 Å². The van der Waals surface area contributed by atoms with Crippen molar-refractivity contribution in [1.29, 1.82) is 0 Å². The van der Waals surface area contributed by atoms with Gasteiger partial charge < -0.3 is 14.4 Å². The average Bonchev–Trinajstić information content (AvgIpc) is 2.72. The van der Waals surface area contributed by atoms with Gasteiger partial charge in [0.2, 0.25) is 0 Å². The summed E-state index contributed by atoms with van der Waals surface area (Å²) in [5, 5.41) is 2.23. The Labute approximate surface area is 186 Å². The van der Waals surface area contributed by atoms with Crippen molar-refractivity contribution in [2.45, 2.75) is 31.3 Å². The molecular formula is C22H25ClN4O2S. The minimum absolute atomic E-state index is 0.546. The van der Waals surface area contributed by atoms with Gasteiger partial charge in [0.1, 0.15) is 17.0 Å². The summed E-state index contributed by atoms with van der Waals surface area (Å²) in [6.07, 6.45) is 6.78. The van der Waals surface area contributed by atoms with E-state index >= 15 is 0 Å². The Balaban J connectivity index is 2.01. The third kappa shape index (κ3) is 3.65. The zero-order valence-electron chi connectivity index (χ0n) is 17.7. The number of hydrogen-bond acceptors (Lipinski definition) is 7. The molecular weight excluding hydrogens is 420 g/mol. The molecule has 0 amide bonds. The topological polar surface area (TPSA) is 60.4 Å². The lowest BCUT2D eigenvalue weighted by molar-refractivity contribution is 0.391. The van der Waals surface area contributed by atoms with Crippen LogP contribution in [-0.2, 0) is 6.42 Å². The molecule has 2 aromatic heterocycles. The maximum atomic E-state index is 6.82. The lowest BCUT2D eigenvalue weighted by atomic mass is 9.97. The Morgan fingerprint density at radius 3 is 2.50 bits per heavy atom. The van der Waals surface area contributed by atoms with Crippen molar-refractivity contribution in [2.75, 3.05) is 38.5 Å². The Morgan fingerprint density at radius 1 is 1.13 bits per heavy atom. The molecule has 1 fully saturated rings. The highest BCUT2D eigenvalue weighted by Crippen LogP contribution is 2.44. The van der Waals surface area contributed by atoms with Crippen LogP contribution in [0.3, 0.4) is 0 Å². The van der Waals surface area contributed by atoms with Gasteiger partial charge >= 0.3 is 0 Å². The summed E-state index contributed by atoms with van der Waals surface area (Å²) < 4.78 is 11.2. The maximum absolute atomic E-state index is 6.82. The molecule has 6 nitrogen and oxygen atoms in total. The van der Waals surface area contributed by atoms with Gasteiger partial charge in [-0.1, -0.05) is 36.7 Å². The normalized spacial score (nSPS) is 13.4. The van der Waals surface area contributed by atoms with Crippen molar-refractivity contribution in [3.8, 4) is 22.8 Å². The number of thioether (sulfide) groups is 1. The van der Waals surface area contributed by atoms with E-state index in [0.717, 1.165) is 76.8 Å². The van der Waals surface area contributed by atoms with E-state index in [4.69, 9.17) is 31.0 Å². The molecule has 4 rings (SSSR count). The first-order valence-electron chi connectivity index (χ1n) is 10.0. The molecule has 0 spiro atoms. The van der Waals surface area contributed by atoms with Gasteiger partial charge in [-0.05, 0) is 25.2 Å². The number of anilines is 1. The van der Waals surface area contributed by atoms with Crippen LogP contribution in [0.1, 0.15) is 25.3 Å². The molecule has 0 N–H and O–H groups in total. The van der Waals surface area contributed by atoms with Crippen LogP contribution >= 0.6 is 23.4 Å². The summed E-state index contributed by atoms with van der Waals surface area (Å²) in [7, 11) is 3.28. The monoisotopic (exact) mass is 444 g/mol. The highest BCUT2D eigenvalue weighted by atomic mass is 35.5. The zero-order chi connectivity index (χ0) is 21.3. The first kappa shape index (κ1) is 21.0. The molecule has 158 valence electrons. The van der Waals surface area contributed by atoms with Crippen LogP contribution in [0.4, 0.5) is 5.82 Å². The Kier molecular flexibility index (Phi) is 6.20. The molecule has 0 saturated carbocycles. The second-order valence-electron chi connectivity index (χ2n) is 7.16. The van der Waals surface area contributed by atoms with Gasteiger partial charge in [0.25, 0.3) is 0 Å². The second-order valence-corrected chi connectivity index (χ2v) is 8.32. The van der Waals surface area contributed by atoms with E-state index in [9.17, 15) is 0 Å². The van der Waals surface area contributed by atoms with E-state index in [0.29, 0.717) is 10.8 Å². The summed E-state index contributed by atoms with van der Waals surface area (Å²) in [5.74, 6) is 2.21. The lowest BCUT2D eigenvalue weighted by Crippen LogP contribution is -2.38. The fraction of sp³-hybridized carbons (Fsp3) is 0.409. The lowest BCUT2D eigenvalue weighted by Gasteiger charge is -2.33. The van der Waals surface area contributed by atoms with E-state index in [-0.39, 0.29) is 0 Å². The van der Waals surface area contributed by atoms with Gasteiger partial charge in [0.05, 0.1) is 24.9 Å².